The highest BCUT2D eigenvalue weighted by molar-refractivity contribution is 5.94. The molecule has 1 amide bonds. The number of imidazole rings is 1. The van der Waals surface area contributed by atoms with Gasteiger partial charge in [0, 0.05) is 24.0 Å². The van der Waals surface area contributed by atoms with E-state index in [4.69, 9.17) is 0 Å². The van der Waals surface area contributed by atoms with Crippen LogP contribution in [0.2, 0.25) is 0 Å². The Morgan fingerprint density at radius 1 is 1.23 bits per heavy atom. The zero-order chi connectivity index (χ0) is 15.5. The standard InChI is InChI=1S/C17H18N4O/c1-3-10-19-17(22)13-6-8-14(9-7-13)21-12(2)20-15-5-4-11-18-16(15)21/h4-9,11H,3,10H2,1-2H3,(H,19,22). The van der Waals surface area contributed by atoms with Gasteiger partial charge in [0.15, 0.2) is 5.65 Å². The lowest BCUT2D eigenvalue weighted by molar-refractivity contribution is 0.0953. The molecule has 0 aliphatic heterocycles. The van der Waals surface area contributed by atoms with Crippen LogP contribution in [0.5, 0.6) is 0 Å². The first-order chi connectivity index (χ1) is 10.7. The van der Waals surface area contributed by atoms with Gasteiger partial charge in [-0.15, -0.1) is 0 Å². The fourth-order valence-corrected chi connectivity index (χ4v) is 2.44. The number of aryl methyl sites for hydroxylation is 1. The number of amides is 1. The maximum atomic E-state index is 11.9. The number of rotatable bonds is 4. The lowest BCUT2D eigenvalue weighted by Crippen LogP contribution is -2.23. The molecule has 1 aromatic carbocycles. The summed E-state index contributed by atoms with van der Waals surface area (Å²) in [6.07, 6.45) is 2.68. The average molecular weight is 294 g/mol. The average Bonchev–Trinajstić information content (AvgIpc) is 2.88. The Hall–Kier alpha value is -2.69. The molecule has 5 nitrogen and oxygen atoms in total. The molecule has 0 bridgehead atoms. The lowest BCUT2D eigenvalue weighted by Gasteiger charge is -2.08. The minimum Gasteiger partial charge on any atom is -0.352 e. The van der Waals surface area contributed by atoms with Crippen LogP contribution < -0.4 is 5.32 Å². The van der Waals surface area contributed by atoms with Gasteiger partial charge in [-0.1, -0.05) is 6.92 Å². The van der Waals surface area contributed by atoms with Crippen molar-refractivity contribution >= 4 is 17.1 Å². The molecule has 0 aliphatic rings. The van der Waals surface area contributed by atoms with Crippen molar-refractivity contribution in [2.45, 2.75) is 20.3 Å². The van der Waals surface area contributed by atoms with Crippen LogP contribution in [0.25, 0.3) is 16.9 Å². The van der Waals surface area contributed by atoms with Gasteiger partial charge in [-0.2, -0.15) is 0 Å². The molecule has 3 rings (SSSR count). The molecular formula is C17H18N4O. The number of hydrogen-bond acceptors (Lipinski definition) is 3. The SMILES string of the molecule is CCCNC(=O)c1ccc(-n2c(C)nc3cccnc32)cc1. The van der Waals surface area contributed by atoms with Crippen LogP contribution in [0.3, 0.4) is 0 Å². The van der Waals surface area contributed by atoms with E-state index < -0.39 is 0 Å². The molecule has 5 heteroatoms. The number of fused-ring (bicyclic) bond motifs is 1. The summed E-state index contributed by atoms with van der Waals surface area (Å²) in [7, 11) is 0. The first kappa shape index (κ1) is 14.3. The Balaban J connectivity index is 1.95. The number of benzene rings is 1. The number of nitrogens with zero attached hydrogens (tertiary/aromatic N) is 3. The zero-order valence-electron chi connectivity index (χ0n) is 12.7. The monoisotopic (exact) mass is 294 g/mol. The number of carbonyl (C=O) groups is 1. The lowest BCUT2D eigenvalue weighted by atomic mass is 10.2. The maximum Gasteiger partial charge on any atom is 0.251 e. The van der Waals surface area contributed by atoms with Gasteiger partial charge >= 0.3 is 0 Å². The van der Waals surface area contributed by atoms with E-state index in [1.165, 1.54) is 0 Å². The highest BCUT2D eigenvalue weighted by Crippen LogP contribution is 2.19. The summed E-state index contributed by atoms with van der Waals surface area (Å²) in [5.74, 6) is 0.829. The van der Waals surface area contributed by atoms with Crippen LogP contribution in [-0.2, 0) is 0 Å². The predicted octanol–water partition coefficient (Wildman–Crippen LogP) is 2.87. The number of pyridine rings is 1. The van der Waals surface area contributed by atoms with Gasteiger partial charge in [-0.3, -0.25) is 9.36 Å². The summed E-state index contributed by atoms with van der Waals surface area (Å²) in [4.78, 5) is 20.8. The largest absolute Gasteiger partial charge is 0.352 e. The van der Waals surface area contributed by atoms with Crippen molar-refractivity contribution in [2.75, 3.05) is 6.54 Å². The predicted molar refractivity (Wildman–Crippen MR) is 86.2 cm³/mol. The number of hydrogen-bond donors (Lipinski definition) is 1. The van der Waals surface area contributed by atoms with Gasteiger partial charge in [0.2, 0.25) is 0 Å². The van der Waals surface area contributed by atoms with Gasteiger partial charge < -0.3 is 5.32 Å². The van der Waals surface area contributed by atoms with Gasteiger partial charge in [-0.05, 0) is 49.7 Å². The second-order valence-electron chi connectivity index (χ2n) is 5.14. The van der Waals surface area contributed by atoms with E-state index in [1.807, 2.05) is 54.8 Å². The Morgan fingerprint density at radius 3 is 2.73 bits per heavy atom. The van der Waals surface area contributed by atoms with Crippen molar-refractivity contribution in [3.8, 4) is 5.69 Å². The third-order valence-electron chi connectivity index (χ3n) is 3.51. The van der Waals surface area contributed by atoms with Gasteiger partial charge in [0.05, 0.1) is 0 Å². The van der Waals surface area contributed by atoms with E-state index in [2.05, 4.69) is 15.3 Å². The molecule has 0 saturated carbocycles. The quantitative estimate of drug-likeness (QED) is 0.805. The first-order valence-corrected chi connectivity index (χ1v) is 7.39. The third-order valence-corrected chi connectivity index (χ3v) is 3.51. The summed E-state index contributed by atoms with van der Waals surface area (Å²) in [5, 5.41) is 2.87. The number of carbonyl (C=O) groups excluding carboxylic acids is 1. The maximum absolute atomic E-state index is 11.9. The summed E-state index contributed by atoms with van der Waals surface area (Å²) in [6, 6.07) is 11.3. The fraction of sp³-hybridized carbons (Fsp3) is 0.235. The van der Waals surface area contributed by atoms with E-state index in [-0.39, 0.29) is 5.91 Å². The zero-order valence-corrected chi connectivity index (χ0v) is 12.7. The number of nitrogens with one attached hydrogen (secondary N) is 1. The molecule has 2 aromatic heterocycles. The van der Waals surface area contributed by atoms with Crippen molar-refractivity contribution < 1.29 is 4.79 Å². The highest BCUT2D eigenvalue weighted by Gasteiger charge is 2.11. The van der Waals surface area contributed by atoms with Crippen LogP contribution >= 0.6 is 0 Å². The Kier molecular flexibility index (Phi) is 3.87. The summed E-state index contributed by atoms with van der Waals surface area (Å²) in [6.45, 7) is 4.67. The molecule has 3 aromatic rings. The number of aromatic nitrogens is 3. The summed E-state index contributed by atoms with van der Waals surface area (Å²) < 4.78 is 1.99. The molecule has 2 heterocycles. The second kappa shape index (κ2) is 5.97. The van der Waals surface area contributed by atoms with Crippen LogP contribution in [0.4, 0.5) is 0 Å². The minimum absolute atomic E-state index is 0.0428. The molecule has 0 unspecified atom stereocenters. The van der Waals surface area contributed by atoms with Crippen molar-refractivity contribution in [3.63, 3.8) is 0 Å². The normalized spacial score (nSPS) is 10.8. The van der Waals surface area contributed by atoms with E-state index in [0.29, 0.717) is 12.1 Å². The summed E-state index contributed by atoms with van der Waals surface area (Å²) >= 11 is 0. The second-order valence-corrected chi connectivity index (χ2v) is 5.14. The van der Waals surface area contributed by atoms with Crippen molar-refractivity contribution in [2.24, 2.45) is 0 Å². The molecule has 0 aliphatic carbocycles. The van der Waals surface area contributed by atoms with E-state index in [1.54, 1.807) is 6.20 Å². The molecule has 1 N–H and O–H groups in total. The Labute approximate surface area is 129 Å². The van der Waals surface area contributed by atoms with Crippen LogP contribution in [-0.4, -0.2) is 27.0 Å². The van der Waals surface area contributed by atoms with Gasteiger partial charge in [0.1, 0.15) is 11.3 Å². The highest BCUT2D eigenvalue weighted by atomic mass is 16.1. The smallest absolute Gasteiger partial charge is 0.251 e. The van der Waals surface area contributed by atoms with E-state index in [9.17, 15) is 4.79 Å². The minimum atomic E-state index is -0.0428. The van der Waals surface area contributed by atoms with E-state index in [0.717, 1.165) is 29.1 Å². The van der Waals surface area contributed by atoms with Crippen molar-refractivity contribution in [1.29, 1.82) is 0 Å². The van der Waals surface area contributed by atoms with E-state index >= 15 is 0 Å². The summed E-state index contributed by atoms with van der Waals surface area (Å²) in [5.41, 5.74) is 3.30. The van der Waals surface area contributed by atoms with Crippen LogP contribution in [0.1, 0.15) is 29.5 Å². The van der Waals surface area contributed by atoms with Crippen molar-refractivity contribution in [3.05, 3.63) is 54.0 Å². The Morgan fingerprint density at radius 2 is 2.00 bits per heavy atom. The molecule has 0 spiro atoms. The van der Waals surface area contributed by atoms with Crippen molar-refractivity contribution in [1.82, 2.24) is 19.9 Å². The molecule has 112 valence electrons. The molecular weight excluding hydrogens is 276 g/mol. The van der Waals surface area contributed by atoms with Crippen LogP contribution in [0.15, 0.2) is 42.6 Å². The molecule has 0 saturated heterocycles. The van der Waals surface area contributed by atoms with Crippen LogP contribution in [0, 0.1) is 6.92 Å². The molecule has 0 radical (unpaired) electrons. The topological polar surface area (TPSA) is 59.8 Å². The first-order valence-electron chi connectivity index (χ1n) is 7.39. The molecule has 22 heavy (non-hydrogen) atoms. The van der Waals surface area contributed by atoms with Gasteiger partial charge in [-0.25, -0.2) is 9.97 Å². The fourth-order valence-electron chi connectivity index (χ4n) is 2.44. The molecule has 0 atom stereocenters. The molecule has 0 fully saturated rings. The van der Waals surface area contributed by atoms with Gasteiger partial charge in [0.25, 0.3) is 5.91 Å². The third kappa shape index (κ3) is 2.57. The Bertz CT molecular complexity index is 805.